The van der Waals surface area contributed by atoms with Crippen LogP contribution in [-0.4, -0.2) is 26.5 Å². The number of ether oxygens (including phenoxy) is 1. The van der Waals surface area contributed by atoms with Gasteiger partial charge in [0, 0.05) is 16.7 Å². The van der Waals surface area contributed by atoms with Gasteiger partial charge in [-0.2, -0.15) is 0 Å². The molecule has 0 aromatic heterocycles. The summed E-state index contributed by atoms with van der Waals surface area (Å²) in [5.41, 5.74) is 0. The predicted octanol–water partition coefficient (Wildman–Crippen LogP) is 2.44. The Morgan fingerprint density at radius 2 is 1.86 bits per heavy atom. The van der Waals surface area contributed by atoms with Crippen LogP contribution in [0.4, 0.5) is 0 Å². The maximum atomic E-state index is 12.0. The maximum absolute atomic E-state index is 12.0. The van der Waals surface area contributed by atoms with E-state index in [1.807, 2.05) is 0 Å². The molecule has 1 saturated carbocycles. The highest BCUT2D eigenvalue weighted by atomic mass is 35.7. The van der Waals surface area contributed by atoms with E-state index in [1.54, 1.807) is 6.92 Å². The molecule has 1 aliphatic carbocycles. The van der Waals surface area contributed by atoms with E-state index in [0.29, 0.717) is 5.75 Å². The van der Waals surface area contributed by atoms with E-state index < -0.39 is 15.2 Å². The molecule has 1 atom stereocenters. The number of carbonyl (C=O) groups is 1. The number of nitrogens with one attached hydrogen (secondary N) is 1. The van der Waals surface area contributed by atoms with Gasteiger partial charge in [-0.05, 0) is 44.0 Å². The van der Waals surface area contributed by atoms with Crippen LogP contribution in [0, 0.1) is 0 Å². The van der Waals surface area contributed by atoms with Gasteiger partial charge in [0.25, 0.3) is 15.0 Å². The van der Waals surface area contributed by atoms with Crippen molar-refractivity contribution in [3.8, 4) is 5.75 Å². The lowest BCUT2D eigenvalue weighted by Gasteiger charge is -2.18. The predicted molar refractivity (Wildman–Crippen MR) is 80.0 cm³/mol. The van der Waals surface area contributed by atoms with E-state index in [0.717, 1.165) is 25.7 Å². The Labute approximate surface area is 129 Å². The first kappa shape index (κ1) is 16.1. The quantitative estimate of drug-likeness (QED) is 0.841. The minimum atomic E-state index is -3.74. The summed E-state index contributed by atoms with van der Waals surface area (Å²) in [6.45, 7) is 1.66. The summed E-state index contributed by atoms with van der Waals surface area (Å²) in [6.07, 6.45) is 3.69. The Balaban J connectivity index is 1.92. The van der Waals surface area contributed by atoms with Gasteiger partial charge in [0.05, 0.1) is 4.90 Å². The van der Waals surface area contributed by atoms with Crippen LogP contribution in [0.5, 0.6) is 5.75 Å². The minimum absolute atomic E-state index is 0.000392. The minimum Gasteiger partial charge on any atom is -0.481 e. The Bertz CT molecular complexity index is 594. The molecule has 7 heteroatoms. The third kappa shape index (κ3) is 4.61. The van der Waals surface area contributed by atoms with Crippen molar-refractivity contribution in [2.75, 3.05) is 0 Å². The molecule has 0 spiro atoms. The van der Waals surface area contributed by atoms with Gasteiger partial charge < -0.3 is 10.1 Å². The first-order valence-corrected chi connectivity index (χ1v) is 9.19. The van der Waals surface area contributed by atoms with Crippen molar-refractivity contribution in [1.29, 1.82) is 0 Å². The summed E-state index contributed by atoms with van der Waals surface area (Å²) in [5.74, 6) is 0.268. The molecule has 116 valence electrons. The Kier molecular flexibility index (Phi) is 5.11. The van der Waals surface area contributed by atoms with Crippen molar-refractivity contribution in [3.63, 3.8) is 0 Å². The number of carbonyl (C=O) groups excluding carboxylic acids is 1. The van der Waals surface area contributed by atoms with Crippen LogP contribution in [-0.2, 0) is 13.8 Å². The summed E-state index contributed by atoms with van der Waals surface area (Å²) in [7, 11) is 1.49. The molecule has 1 aromatic carbocycles. The average Bonchev–Trinajstić information content (AvgIpc) is 2.91. The van der Waals surface area contributed by atoms with Crippen LogP contribution in [0.25, 0.3) is 0 Å². The Morgan fingerprint density at radius 1 is 1.29 bits per heavy atom. The number of halogens is 1. The molecule has 0 heterocycles. The van der Waals surface area contributed by atoms with Crippen molar-refractivity contribution < 1.29 is 17.9 Å². The van der Waals surface area contributed by atoms with Gasteiger partial charge in [-0.3, -0.25) is 4.79 Å². The number of benzene rings is 1. The van der Waals surface area contributed by atoms with Crippen molar-refractivity contribution in [2.45, 2.75) is 49.6 Å². The molecular weight excluding hydrogens is 314 g/mol. The average molecular weight is 332 g/mol. The second kappa shape index (κ2) is 6.66. The number of amides is 1. The van der Waals surface area contributed by atoms with Crippen LogP contribution >= 0.6 is 10.7 Å². The van der Waals surface area contributed by atoms with Crippen molar-refractivity contribution in [3.05, 3.63) is 24.3 Å². The lowest BCUT2D eigenvalue weighted by Crippen LogP contribution is -2.41. The highest BCUT2D eigenvalue weighted by Crippen LogP contribution is 2.21. The van der Waals surface area contributed by atoms with Gasteiger partial charge in [0.1, 0.15) is 5.75 Å². The highest BCUT2D eigenvalue weighted by molar-refractivity contribution is 8.13. The van der Waals surface area contributed by atoms with E-state index >= 15 is 0 Å². The summed E-state index contributed by atoms with van der Waals surface area (Å²) in [4.78, 5) is 12.0. The van der Waals surface area contributed by atoms with Crippen LogP contribution in [0.3, 0.4) is 0 Å². The van der Waals surface area contributed by atoms with Gasteiger partial charge in [-0.15, -0.1) is 0 Å². The molecule has 1 aromatic rings. The van der Waals surface area contributed by atoms with Crippen LogP contribution in [0.15, 0.2) is 29.2 Å². The molecule has 2 rings (SSSR count). The fraction of sp³-hybridized carbons (Fsp3) is 0.500. The summed E-state index contributed by atoms with van der Waals surface area (Å²) < 4.78 is 27.8. The SMILES string of the molecule is CC(Oc1ccc(S(=O)(=O)Cl)cc1)C(=O)NC1CCCC1. The lowest BCUT2D eigenvalue weighted by molar-refractivity contribution is -0.127. The zero-order valence-corrected chi connectivity index (χ0v) is 13.3. The third-order valence-electron chi connectivity index (χ3n) is 3.49. The van der Waals surface area contributed by atoms with Gasteiger partial charge in [-0.25, -0.2) is 8.42 Å². The number of hydrogen-bond acceptors (Lipinski definition) is 4. The second-order valence-corrected chi connectivity index (χ2v) is 7.73. The summed E-state index contributed by atoms with van der Waals surface area (Å²) >= 11 is 0. The summed E-state index contributed by atoms with van der Waals surface area (Å²) in [5, 5.41) is 2.95. The van der Waals surface area contributed by atoms with Crippen molar-refractivity contribution in [1.82, 2.24) is 5.32 Å². The molecule has 0 saturated heterocycles. The standard InChI is InChI=1S/C14H18ClNO4S/c1-10(14(17)16-11-4-2-3-5-11)20-12-6-8-13(9-7-12)21(15,18)19/h6-11H,2-5H2,1H3,(H,16,17). The number of rotatable bonds is 5. The van der Waals surface area contributed by atoms with Crippen molar-refractivity contribution in [2.24, 2.45) is 0 Å². The van der Waals surface area contributed by atoms with Crippen molar-refractivity contribution >= 4 is 25.6 Å². The van der Waals surface area contributed by atoms with E-state index in [1.165, 1.54) is 24.3 Å². The maximum Gasteiger partial charge on any atom is 0.261 e. The first-order valence-electron chi connectivity index (χ1n) is 6.88. The number of hydrogen-bond donors (Lipinski definition) is 1. The zero-order valence-electron chi connectivity index (χ0n) is 11.7. The van der Waals surface area contributed by atoms with E-state index in [2.05, 4.69) is 5.32 Å². The molecule has 1 fully saturated rings. The van der Waals surface area contributed by atoms with Gasteiger partial charge >= 0.3 is 0 Å². The molecule has 0 bridgehead atoms. The normalized spacial score (nSPS) is 17.4. The molecule has 21 heavy (non-hydrogen) atoms. The summed E-state index contributed by atoms with van der Waals surface area (Å²) in [6, 6.07) is 5.90. The largest absolute Gasteiger partial charge is 0.481 e. The van der Waals surface area contributed by atoms with Gasteiger partial charge in [0.2, 0.25) is 0 Å². The van der Waals surface area contributed by atoms with Crippen LogP contribution < -0.4 is 10.1 Å². The molecule has 0 radical (unpaired) electrons. The Hall–Kier alpha value is -1.27. The third-order valence-corrected chi connectivity index (χ3v) is 4.86. The monoisotopic (exact) mass is 331 g/mol. The van der Waals surface area contributed by atoms with Crippen LogP contribution in [0.2, 0.25) is 0 Å². The van der Waals surface area contributed by atoms with Gasteiger partial charge in [-0.1, -0.05) is 12.8 Å². The van der Waals surface area contributed by atoms with E-state index in [-0.39, 0.29) is 16.8 Å². The fourth-order valence-corrected chi connectivity index (χ4v) is 3.10. The zero-order chi connectivity index (χ0) is 15.5. The molecule has 1 aliphatic rings. The molecule has 1 N–H and O–H groups in total. The molecule has 1 unspecified atom stereocenters. The molecular formula is C14H18ClNO4S. The van der Waals surface area contributed by atoms with Crippen LogP contribution in [0.1, 0.15) is 32.6 Å². The van der Waals surface area contributed by atoms with E-state index in [9.17, 15) is 13.2 Å². The lowest BCUT2D eigenvalue weighted by atomic mass is 10.2. The first-order chi connectivity index (χ1) is 9.86. The Morgan fingerprint density at radius 3 is 2.38 bits per heavy atom. The molecule has 1 amide bonds. The van der Waals surface area contributed by atoms with E-state index in [4.69, 9.17) is 15.4 Å². The fourth-order valence-electron chi connectivity index (χ4n) is 2.33. The molecule has 5 nitrogen and oxygen atoms in total. The topological polar surface area (TPSA) is 72.5 Å². The molecule has 0 aliphatic heterocycles. The highest BCUT2D eigenvalue weighted by Gasteiger charge is 2.21. The second-order valence-electron chi connectivity index (χ2n) is 5.16. The van der Waals surface area contributed by atoms with Gasteiger partial charge in [0.15, 0.2) is 6.10 Å². The smallest absolute Gasteiger partial charge is 0.261 e.